The summed E-state index contributed by atoms with van der Waals surface area (Å²) in [5.41, 5.74) is 2.05. The third-order valence-corrected chi connectivity index (χ3v) is 3.90. The van der Waals surface area contributed by atoms with Gasteiger partial charge in [0.05, 0.1) is 6.07 Å². The van der Waals surface area contributed by atoms with Crippen LogP contribution in [0.1, 0.15) is 35.2 Å². The summed E-state index contributed by atoms with van der Waals surface area (Å²) in [6.07, 6.45) is 2.91. The first-order chi connectivity index (χ1) is 7.81. The fraction of sp³-hybridized carbons (Fsp3) is 0.385. The van der Waals surface area contributed by atoms with Crippen molar-refractivity contribution in [1.82, 2.24) is 0 Å². The molecule has 1 aliphatic rings. The molecule has 0 fully saturated rings. The Bertz CT molecular complexity index is 448. The molecule has 0 aliphatic carbocycles. The van der Waals surface area contributed by atoms with Crippen LogP contribution in [-0.4, -0.2) is 11.5 Å². The van der Waals surface area contributed by atoms with E-state index < -0.39 is 0 Å². The van der Waals surface area contributed by atoms with Gasteiger partial charge in [0.2, 0.25) is 0 Å². The van der Waals surface area contributed by atoms with E-state index in [1.807, 2.05) is 36.0 Å². The zero-order valence-electron chi connectivity index (χ0n) is 9.03. The van der Waals surface area contributed by atoms with Crippen LogP contribution in [0.3, 0.4) is 0 Å². The van der Waals surface area contributed by atoms with Crippen molar-refractivity contribution >= 4 is 17.5 Å². The fourth-order valence-electron chi connectivity index (χ4n) is 1.85. The molecule has 0 saturated carbocycles. The van der Waals surface area contributed by atoms with E-state index in [-0.39, 0.29) is 5.78 Å². The number of aryl methyl sites for hydroxylation is 1. The van der Waals surface area contributed by atoms with Crippen molar-refractivity contribution in [2.75, 3.05) is 5.75 Å². The molecule has 82 valence electrons. The number of rotatable bonds is 3. The van der Waals surface area contributed by atoms with Crippen LogP contribution in [0.25, 0.3) is 0 Å². The van der Waals surface area contributed by atoms with E-state index in [0.29, 0.717) is 12.8 Å². The first kappa shape index (κ1) is 11.2. The molecule has 1 aliphatic heterocycles. The third kappa shape index (κ3) is 2.45. The lowest BCUT2D eigenvalue weighted by Crippen LogP contribution is -2.03. The Morgan fingerprint density at radius 3 is 3.19 bits per heavy atom. The van der Waals surface area contributed by atoms with E-state index in [1.165, 1.54) is 22.6 Å². The normalized spacial score (nSPS) is 13.9. The van der Waals surface area contributed by atoms with Gasteiger partial charge in [-0.3, -0.25) is 4.79 Å². The minimum absolute atomic E-state index is 0.0833. The molecule has 0 N–H and O–H groups in total. The summed E-state index contributed by atoms with van der Waals surface area (Å²) in [6, 6.07) is 7.93. The Kier molecular flexibility index (Phi) is 3.63. The summed E-state index contributed by atoms with van der Waals surface area (Å²) >= 11 is 1.86. The molecular weight excluding hydrogens is 218 g/mol. The van der Waals surface area contributed by atoms with Crippen LogP contribution >= 0.6 is 11.8 Å². The number of nitrogens with zero attached hydrogens (tertiary/aromatic N) is 1. The van der Waals surface area contributed by atoms with E-state index in [2.05, 4.69) is 0 Å². The Hall–Kier alpha value is -1.27. The quantitative estimate of drug-likeness (QED) is 0.750. The van der Waals surface area contributed by atoms with Gasteiger partial charge in [-0.05, 0) is 36.3 Å². The second-order valence-electron chi connectivity index (χ2n) is 3.86. The molecular formula is C13H13NOS. The Morgan fingerprint density at radius 1 is 1.50 bits per heavy atom. The maximum absolute atomic E-state index is 11.7. The maximum atomic E-state index is 11.7. The monoisotopic (exact) mass is 231 g/mol. The van der Waals surface area contributed by atoms with Gasteiger partial charge in [-0.15, -0.1) is 11.8 Å². The lowest BCUT2D eigenvalue weighted by Gasteiger charge is -2.15. The smallest absolute Gasteiger partial charge is 0.163 e. The molecule has 1 heterocycles. The molecule has 0 atom stereocenters. The van der Waals surface area contributed by atoms with E-state index in [4.69, 9.17) is 5.26 Å². The zero-order chi connectivity index (χ0) is 11.4. The SMILES string of the molecule is N#CCCC(=O)c1ccc2c(c1)CCCS2. The number of Topliss-reactive ketones (excluding diaryl/α,β-unsaturated/α-hetero) is 1. The van der Waals surface area contributed by atoms with Gasteiger partial charge in [0, 0.05) is 23.3 Å². The molecule has 1 aromatic rings. The maximum Gasteiger partial charge on any atom is 0.163 e. The molecule has 0 amide bonds. The highest BCUT2D eigenvalue weighted by atomic mass is 32.2. The number of fused-ring (bicyclic) bond motifs is 1. The zero-order valence-corrected chi connectivity index (χ0v) is 9.85. The van der Waals surface area contributed by atoms with Crippen molar-refractivity contribution in [3.63, 3.8) is 0 Å². The van der Waals surface area contributed by atoms with Crippen molar-refractivity contribution in [1.29, 1.82) is 5.26 Å². The molecule has 16 heavy (non-hydrogen) atoms. The lowest BCUT2D eigenvalue weighted by atomic mass is 10.0. The molecule has 1 aromatic carbocycles. The molecule has 3 heteroatoms. The number of carbonyl (C=O) groups is 1. The van der Waals surface area contributed by atoms with E-state index in [9.17, 15) is 4.79 Å². The van der Waals surface area contributed by atoms with Crippen LogP contribution in [0.15, 0.2) is 23.1 Å². The summed E-state index contributed by atoms with van der Waals surface area (Å²) in [5.74, 6) is 1.26. The molecule has 2 nitrogen and oxygen atoms in total. The number of thioether (sulfide) groups is 1. The van der Waals surface area contributed by atoms with Gasteiger partial charge in [-0.25, -0.2) is 0 Å². The number of nitriles is 1. The number of ketones is 1. The standard InChI is InChI=1S/C13H13NOS/c14-7-1-4-12(15)10-5-6-13-11(9-10)3-2-8-16-13/h5-6,9H,1-4,8H2. The average molecular weight is 231 g/mol. The minimum atomic E-state index is 0.0833. The highest BCUT2D eigenvalue weighted by Gasteiger charge is 2.12. The van der Waals surface area contributed by atoms with Gasteiger partial charge in [0.25, 0.3) is 0 Å². The summed E-state index contributed by atoms with van der Waals surface area (Å²) in [6.45, 7) is 0. The Labute approximate surface area is 99.7 Å². The van der Waals surface area contributed by atoms with E-state index in [1.54, 1.807) is 0 Å². The van der Waals surface area contributed by atoms with Crippen molar-refractivity contribution in [2.24, 2.45) is 0 Å². The predicted octanol–water partition coefficient (Wildman–Crippen LogP) is 3.21. The first-order valence-electron chi connectivity index (χ1n) is 5.47. The van der Waals surface area contributed by atoms with Crippen LogP contribution in [0.5, 0.6) is 0 Å². The molecule has 0 aromatic heterocycles. The summed E-state index contributed by atoms with van der Waals surface area (Å²) in [4.78, 5) is 13.0. The van der Waals surface area contributed by atoms with Crippen LogP contribution in [0, 0.1) is 11.3 Å². The highest BCUT2D eigenvalue weighted by Crippen LogP contribution is 2.30. The van der Waals surface area contributed by atoms with E-state index >= 15 is 0 Å². The second kappa shape index (κ2) is 5.18. The van der Waals surface area contributed by atoms with Crippen LogP contribution in [-0.2, 0) is 6.42 Å². The topological polar surface area (TPSA) is 40.9 Å². The van der Waals surface area contributed by atoms with Crippen LogP contribution < -0.4 is 0 Å². The van der Waals surface area contributed by atoms with Crippen molar-refractivity contribution < 1.29 is 4.79 Å². The van der Waals surface area contributed by atoms with E-state index in [0.717, 1.165) is 12.0 Å². The number of hydrogen-bond donors (Lipinski definition) is 0. The van der Waals surface area contributed by atoms with Crippen LogP contribution in [0.2, 0.25) is 0 Å². The molecule has 0 spiro atoms. The molecule has 0 unspecified atom stereocenters. The summed E-state index contributed by atoms with van der Waals surface area (Å²) in [7, 11) is 0. The predicted molar refractivity (Wildman–Crippen MR) is 64.7 cm³/mol. The van der Waals surface area contributed by atoms with Crippen molar-refractivity contribution in [2.45, 2.75) is 30.6 Å². The number of hydrogen-bond acceptors (Lipinski definition) is 3. The average Bonchev–Trinajstić information content (AvgIpc) is 2.35. The fourth-order valence-corrected chi connectivity index (χ4v) is 2.87. The van der Waals surface area contributed by atoms with Gasteiger partial charge < -0.3 is 0 Å². The molecule has 0 bridgehead atoms. The summed E-state index contributed by atoms with van der Waals surface area (Å²) in [5, 5.41) is 8.45. The lowest BCUT2D eigenvalue weighted by molar-refractivity contribution is 0.0984. The number of benzene rings is 1. The number of carbonyl (C=O) groups excluding carboxylic acids is 1. The van der Waals surface area contributed by atoms with Gasteiger partial charge in [0.15, 0.2) is 5.78 Å². The van der Waals surface area contributed by atoms with Gasteiger partial charge in [0.1, 0.15) is 0 Å². The molecule has 0 radical (unpaired) electrons. The first-order valence-corrected chi connectivity index (χ1v) is 6.45. The third-order valence-electron chi connectivity index (χ3n) is 2.69. The largest absolute Gasteiger partial charge is 0.294 e. The molecule has 0 saturated heterocycles. The summed E-state index contributed by atoms with van der Waals surface area (Å²) < 4.78 is 0. The minimum Gasteiger partial charge on any atom is -0.294 e. The second-order valence-corrected chi connectivity index (χ2v) is 4.99. The van der Waals surface area contributed by atoms with Crippen LogP contribution in [0.4, 0.5) is 0 Å². The highest BCUT2D eigenvalue weighted by molar-refractivity contribution is 7.99. The Morgan fingerprint density at radius 2 is 2.38 bits per heavy atom. The molecule has 2 rings (SSSR count). The Balaban J connectivity index is 2.17. The van der Waals surface area contributed by atoms with Gasteiger partial charge in [-0.2, -0.15) is 5.26 Å². The van der Waals surface area contributed by atoms with Gasteiger partial charge in [-0.1, -0.05) is 6.07 Å². The van der Waals surface area contributed by atoms with Gasteiger partial charge >= 0.3 is 0 Å². The van der Waals surface area contributed by atoms with Crippen molar-refractivity contribution in [3.8, 4) is 6.07 Å². The van der Waals surface area contributed by atoms with Crippen molar-refractivity contribution in [3.05, 3.63) is 29.3 Å².